The molecule has 0 spiro atoms. The van der Waals surface area contributed by atoms with Gasteiger partial charge >= 0.3 is 6.18 Å². The Morgan fingerprint density at radius 1 is 1.11 bits per heavy atom. The Bertz CT molecular complexity index is 1010. The van der Waals surface area contributed by atoms with E-state index in [1.165, 1.54) is 16.9 Å². The molecular formula is C18H14ClF3N4O. The number of nitrogens with one attached hydrogen (secondary N) is 1. The van der Waals surface area contributed by atoms with Crippen molar-refractivity contribution in [3.63, 3.8) is 0 Å². The Balaban J connectivity index is 1.82. The van der Waals surface area contributed by atoms with Crippen molar-refractivity contribution >= 4 is 23.2 Å². The summed E-state index contributed by atoms with van der Waals surface area (Å²) in [5.41, 5.74) is 1.78. The number of anilines is 1. The molecule has 0 aliphatic heterocycles. The molecule has 0 saturated heterocycles. The fourth-order valence-electron chi connectivity index (χ4n) is 2.38. The molecule has 2 aromatic carbocycles. The molecular weight excluding hydrogens is 381 g/mol. The van der Waals surface area contributed by atoms with Gasteiger partial charge in [-0.3, -0.25) is 4.79 Å². The Morgan fingerprint density at radius 3 is 2.52 bits per heavy atom. The summed E-state index contributed by atoms with van der Waals surface area (Å²) in [4.78, 5) is 12.3. The van der Waals surface area contributed by atoms with Gasteiger partial charge in [0.2, 0.25) is 0 Å². The van der Waals surface area contributed by atoms with Crippen LogP contribution in [0.3, 0.4) is 0 Å². The second-order valence-corrected chi connectivity index (χ2v) is 6.37. The Labute approximate surface area is 157 Å². The standard InChI is InChI=1S/C18H14ClF3N4O/c1-10-3-5-13(7-11(10)2)26-9-16(24-25-26)17(27)23-12-4-6-15(19)14(8-12)18(20,21)22/h3-9H,1-2H3,(H,23,27). The molecule has 0 aliphatic carbocycles. The predicted octanol–water partition coefficient (Wildman–Crippen LogP) is 4.81. The topological polar surface area (TPSA) is 59.8 Å². The SMILES string of the molecule is Cc1ccc(-n2cc(C(=O)Nc3ccc(Cl)c(C(F)(F)F)c3)nn2)cc1C. The Morgan fingerprint density at radius 2 is 1.85 bits per heavy atom. The van der Waals surface area contributed by atoms with Crippen LogP contribution >= 0.6 is 11.6 Å². The van der Waals surface area contributed by atoms with Crippen LogP contribution in [-0.4, -0.2) is 20.9 Å². The van der Waals surface area contributed by atoms with E-state index in [-0.39, 0.29) is 11.4 Å². The molecule has 9 heteroatoms. The molecule has 3 rings (SSSR count). The van der Waals surface area contributed by atoms with E-state index in [9.17, 15) is 18.0 Å². The molecule has 1 amide bonds. The van der Waals surface area contributed by atoms with Crippen LogP contribution in [0, 0.1) is 13.8 Å². The second kappa shape index (κ2) is 7.03. The third kappa shape index (κ3) is 4.11. The van der Waals surface area contributed by atoms with Crippen LogP contribution in [0.4, 0.5) is 18.9 Å². The first-order valence-electron chi connectivity index (χ1n) is 7.83. The molecule has 3 aromatic rings. The molecule has 5 nitrogen and oxygen atoms in total. The lowest BCUT2D eigenvalue weighted by atomic mass is 10.1. The molecule has 0 saturated carbocycles. The molecule has 0 radical (unpaired) electrons. The number of hydrogen-bond acceptors (Lipinski definition) is 3. The molecule has 0 atom stereocenters. The maximum atomic E-state index is 12.9. The smallest absolute Gasteiger partial charge is 0.321 e. The molecule has 0 aliphatic rings. The zero-order chi connectivity index (χ0) is 19.8. The molecule has 1 N–H and O–H groups in total. The van der Waals surface area contributed by atoms with Gasteiger partial charge in [-0.05, 0) is 55.3 Å². The van der Waals surface area contributed by atoms with Crippen molar-refractivity contribution in [1.82, 2.24) is 15.0 Å². The van der Waals surface area contributed by atoms with Gasteiger partial charge in [0.1, 0.15) is 0 Å². The minimum Gasteiger partial charge on any atom is -0.321 e. The second-order valence-electron chi connectivity index (χ2n) is 5.96. The largest absolute Gasteiger partial charge is 0.417 e. The monoisotopic (exact) mass is 394 g/mol. The minimum atomic E-state index is -4.62. The fraction of sp³-hybridized carbons (Fsp3) is 0.167. The van der Waals surface area contributed by atoms with Crippen LogP contribution in [0.1, 0.15) is 27.2 Å². The van der Waals surface area contributed by atoms with E-state index in [2.05, 4.69) is 15.6 Å². The van der Waals surface area contributed by atoms with Crippen molar-refractivity contribution < 1.29 is 18.0 Å². The average Bonchev–Trinajstić information content (AvgIpc) is 3.08. The van der Waals surface area contributed by atoms with E-state index < -0.39 is 22.7 Å². The number of hydrogen-bond donors (Lipinski definition) is 1. The van der Waals surface area contributed by atoms with Crippen molar-refractivity contribution in [1.29, 1.82) is 0 Å². The third-order valence-electron chi connectivity index (χ3n) is 4.01. The normalized spacial score (nSPS) is 11.5. The minimum absolute atomic E-state index is 0.0308. The highest BCUT2D eigenvalue weighted by Gasteiger charge is 2.33. The quantitative estimate of drug-likeness (QED) is 0.693. The number of carbonyl (C=O) groups excluding carboxylic acids is 1. The van der Waals surface area contributed by atoms with Gasteiger partial charge in [-0.15, -0.1) is 5.10 Å². The summed E-state index contributed by atoms with van der Waals surface area (Å²) in [6.07, 6.45) is -3.22. The maximum absolute atomic E-state index is 12.9. The first kappa shape index (κ1) is 18.9. The van der Waals surface area contributed by atoms with Crippen LogP contribution in [0.2, 0.25) is 5.02 Å². The molecule has 27 heavy (non-hydrogen) atoms. The van der Waals surface area contributed by atoms with Crippen molar-refractivity contribution in [2.75, 3.05) is 5.32 Å². The summed E-state index contributed by atoms with van der Waals surface area (Å²) in [5, 5.41) is 9.60. The number of nitrogens with zero attached hydrogens (tertiary/aromatic N) is 3. The van der Waals surface area contributed by atoms with Crippen LogP contribution in [0.15, 0.2) is 42.6 Å². The van der Waals surface area contributed by atoms with E-state index in [1.54, 1.807) is 0 Å². The highest BCUT2D eigenvalue weighted by Crippen LogP contribution is 2.36. The van der Waals surface area contributed by atoms with Gasteiger partial charge in [-0.1, -0.05) is 22.9 Å². The van der Waals surface area contributed by atoms with Crippen molar-refractivity contribution in [2.24, 2.45) is 0 Å². The summed E-state index contributed by atoms with van der Waals surface area (Å²) < 4.78 is 40.2. The summed E-state index contributed by atoms with van der Waals surface area (Å²) in [5.74, 6) is -0.680. The van der Waals surface area contributed by atoms with E-state index in [4.69, 9.17) is 11.6 Å². The van der Waals surface area contributed by atoms with Crippen molar-refractivity contribution in [3.8, 4) is 5.69 Å². The zero-order valence-corrected chi connectivity index (χ0v) is 15.1. The summed E-state index contributed by atoms with van der Waals surface area (Å²) >= 11 is 5.57. The first-order chi connectivity index (χ1) is 12.6. The molecule has 0 unspecified atom stereocenters. The third-order valence-corrected chi connectivity index (χ3v) is 4.34. The Kier molecular flexibility index (Phi) is 4.93. The van der Waals surface area contributed by atoms with Crippen molar-refractivity contribution in [2.45, 2.75) is 20.0 Å². The Hall–Kier alpha value is -2.87. The number of rotatable bonds is 3. The fourth-order valence-corrected chi connectivity index (χ4v) is 2.60. The van der Waals surface area contributed by atoms with Crippen LogP contribution < -0.4 is 5.32 Å². The number of aryl methyl sites for hydroxylation is 2. The molecule has 1 heterocycles. The van der Waals surface area contributed by atoms with E-state index >= 15 is 0 Å². The van der Waals surface area contributed by atoms with Gasteiger partial charge < -0.3 is 5.32 Å². The summed E-state index contributed by atoms with van der Waals surface area (Å²) in [6.45, 7) is 3.92. The first-order valence-corrected chi connectivity index (χ1v) is 8.21. The molecule has 0 fully saturated rings. The lowest BCUT2D eigenvalue weighted by Crippen LogP contribution is -2.14. The lowest BCUT2D eigenvalue weighted by Gasteiger charge is -2.11. The number of benzene rings is 2. The van der Waals surface area contributed by atoms with Gasteiger partial charge in [0.25, 0.3) is 5.91 Å². The van der Waals surface area contributed by atoms with E-state index in [0.717, 1.165) is 28.9 Å². The van der Waals surface area contributed by atoms with E-state index in [0.29, 0.717) is 0 Å². The predicted molar refractivity (Wildman–Crippen MR) is 95.2 cm³/mol. The van der Waals surface area contributed by atoms with Gasteiger partial charge in [0.15, 0.2) is 5.69 Å². The average molecular weight is 395 g/mol. The number of alkyl halides is 3. The van der Waals surface area contributed by atoms with Gasteiger partial charge in [-0.2, -0.15) is 13.2 Å². The van der Waals surface area contributed by atoms with Crippen molar-refractivity contribution in [3.05, 3.63) is 70.0 Å². The summed E-state index contributed by atoms with van der Waals surface area (Å²) in [7, 11) is 0. The number of halogens is 4. The highest BCUT2D eigenvalue weighted by atomic mass is 35.5. The lowest BCUT2D eigenvalue weighted by molar-refractivity contribution is -0.137. The van der Waals surface area contributed by atoms with Crippen LogP contribution in [-0.2, 0) is 6.18 Å². The number of aromatic nitrogens is 3. The van der Waals surface area contributed by atoms with Crippen LogP contribution in [0.25, 0.3) is 5.69 Å². The molecule has 1 aromatic heterocycles. The van der Waals surface area contributed by atoms with Gasteiger partial charge in [0, 0.05) is 5.69 Å². The molecule has 0 bridgehead atoms. The van der Waals surface area contributed by atoms with Gasteiger partial charge in [0.05, 0.1) is 22.5 Å². The molecule has 140 valence electrons. The number of carbonyl (C=O) groups is 1. The number of amides is 1. The highest BCUT2D eigenvalue weighted by molar-refractivity contribution is 6.31. The summed E-state index contributed by atoms with van der Waals surface area (Å²) in [6, 6.07) is 8.76. The van der Waals surface area contributed by atoms with Crippen LogP contribution in [0.5, 0.6) is 0 Å². The maximum Gasteiger partial charge on any atom is 0.417 e. The van der Waals surface area contributed by atoms with E-state index in [1.807, 2.05) is 32.0 Å². The van der Waals surface area contributed by atoms with Gasteiger partial charge in [-0.25, -0.2) is 4.68 Å². The zero-order valence-electron chi connectivity index (χ0n) is 14.3.